The van der Waals surface area contributed by atoms with Crippen LogP contribution in [0.4, 0.5) is 0 Å². The van der Waals surface area contributed by atoms with E-state index in [0.717, 1.165) is 28.8 Å². The van der Waals surface area contributed by atoms with Crippen LogP contribution >= 0.6 is 23.2 Å². The largest absolute Gasteiger partial charge is 0.344 e. The lowest BCUT2D eigenvalue weighted by molar-refractivity contribution is 0.486. The number of fused-ring (bicyclic) bond motifs is 1. The Hall–Kier alpha value is -0.660. The van der Waals surface area contributed by atoms with Crippen molar-refractivity contribution in [1.29, 1.82) is 0 Å². The molecular weight excluding hydrogens is 241 g/mol. The molecule has 16 heavy (non-hydrogen) atoms. The number of halogens is 2. The van der Waals surface area contributed by atoms with Crippen LogP contribution in [0.5, 0.6) is 0 Å². The van der Waals surface area contributed by atoms with E-state index >= 15 is 0 Å². The van der Waals surface area contributed by atoms with Gasteiger partial charge in [-0.2, -0.15) is 0 Å². The highest BCUT2D eigenvalue weighted by Gasteiger charge is 2.11. The first-order valence-corrected chi connectivity index (χ1v) is 6.38. The number of benzene rings is 1. The molecule has 1 nitrogen and oxygen atoms in total. The Morgan fingerprint density at radius 3 is 2.50 bits per heavy atom. The maximum absolute atomic E-state index is 6.17. The van der Waals surface area contributed by atoms with Gasteiger partial charge in [0.1, 0.15) is 0 Å². The molecular formula is C13H15Cl2N. The highest BCUT2D eigenvalue weighted by atomic mass is 35.5. The molecule has 0 amide bonds. The van der Waals surface area contributed by atoms with Crippen molar-refractivity contribution in [2.75, 3.05) is 0 Å². The van der Waals surface area contributed by atoms with E-state index in [1.165, 1.54) is 0 Å². The summed E-state index contributed by atoms with van der Waals surface area (Å²) in [6, 6.07) is 6.36. The molecule has 0 aliphatic carbocycles. The average molecular weight is 256 g/mol. The molecule has 0 atom stereocenters. The second-order valence-electron chi connectivity index (χ2n) is 4.01. The Bertz CT molecular complexity index is 498. The van der Waals surface area contributed by atoms with E-state index in [-0.39, 0.29) is 0 Å². The Kier molecular flexibility index (Phi) is 3.46. The summed E-state index contributed by atoms with van der Waals surface area (Å²) in [5, 5.41) is 2.51. The van der Waals surface area contributed by atoms with Gasteiger partial charge in [0.15, 0.2) is 0 Å². The Morgan fingerprint density at radius 2 is 1.88 bits per heavy atom. The topological polar surface area (TPSA) is 4.93 Å². The lowest BCUT2D eigenvalue weighted by Crippen LogP contribution is -2.04. The van der Waals surface area contributed by atoms with Crippen LogP contribution < -0.4 is 0 Å². The number of nitrogens with zero attached hydrogens (tertiary/aromatic N) is 1. The highest BCUT2D eigenvalue weighted by molar-refractivity contribution is 6.38. The van der Waals surface area contributed by atoms with Crippen molar-refractivity contribution < 1.29 is 0 Å². The molecule has 0 aliphatic rings. The zero-order valence-corrected chi connectivity index (χ0v) is 11.0. The fraction of sp³-hybridized carbons (Fsp3) is 0.385. The first-order chi connectivity index (χ1) is 7.67. The molecule has 1 aromatic heterocycles. The second kappa shape index (κ2) is 4.68. The van der Waals surface area contributed by atoms with Gasteiger partial charge < -0.3 is 4.57 Å². The zero-order chi connectivity index (χ0) is 11.7. The highest BCUT2D eigenvalue weighted by Crippen LogP contribution is 2.31. The fourth-order valence-electron chi connectivity index (χ4n) is 2.19. The summed E-state index contributed by atoms with van der Waals surface area (Å²) in [6.07, 6.45) is 4.33. The zero-order valence-electron chi connectivity index (χ0n) is 9.50. The summed E-state index contributed by atoms with van der Waals surface area (Å²) in [6.45, 7) is 4.40. The van der Waals surface area contributed by atoms with Crippen LogP contribution in [0.3, 0.4) is 0 Å². The summed E-state index contributed by atoms with van der Waals surface area (Å²) in [4.78, 5) is 0. The van der Waals surface area contributed by atoms with Crippen molar-refractivity contribution in [3.63, 3.8) is 0 Å². The molecule has 3 heteroatoms. The first kappa shape index (κ1) is 11.8. The van der Waals surface area contributed by atoms with Crippen LogP contribution in [0.15, 0.2) is 24.4 Å². The molecule has 0 bridgehead atoms. The Balaban J connectivity index is 2.63. The second-order valence-corrected chi connectivity index (χ2v) is 4.86. The third kappa shape index (κ3) is 1.94. The molecule has 0 spiro atoms. The minimum atomic E-state index is 0.520. The monoisotopic (exact) mass is 255 g/mol. The van der Waals surface area contributed by atoms with Gasteiger partial charge in [-0.05, 0) is 31.0 Å². The van der Waals surface area contributed by atoms with Gasteiger partial charge in [-0.1, -0.05) is 37.0 Å². The molecule has 0 N–H and O–H groups in total. The van der Waals surface area contributed by atoms with Crippen LogP contribution in [-0.4, -0.2) is 4.57 Å². The number of hydrogen-bond acceptors (Lipinski definition) is 0. The van der Waals surface area contributed by atoms with Gasteiger partial charge in [-0.3, -0.25) is 0 Å². The summed E-state index contributed by atoms with van der Waals surface area (Å²) in [5.74, 6) is 0. The van der Waals surface area contributed by atoms with Gasteiger partial charge >= 0.3 is 0 Å². The van der Waals surface area contributed by atoms with Crippen molar-refractivity contribution >= 4 is 34.1 Å². The van der Waals surface area contributed by atoms with E-state index in [1.807, 2.05) is 6.07 Å². The van der Waals surface area contributed by atoms with Crippen LogP contribution in [0.2, 0.25) is 10.0 Å². The predicted molar refractivity (Wildman–Crippen MR) is 71.6 cm³/mol. The molecule has 0 saturated carbocycles. The Morgan fingerprint density at radius 1 is 1.19 bits per heavy atom. The lowest BCUT2D eigenvalue weighted by Gasteiger charge is -2.16. The van der Waals surface area contributed by atoms with Crippen LogP contribution in [0, 0.1) is 0 Å². The van der Waals surface area contributed by atoms with Crippen molar-refractivity contribution in [3.05, 3.63) is 34.4 Å². The number of aromatic nitrogens is 1. The van der Waals surface area contributed by atoms with Crippen molar-refractivity contribution in [2.24, 2.45) is 0 Å². The maximum atomic E-state index is 6.17. The maximum Gasteiger partial charge on any atom is 0.0514 e. The van der Waals surface area contributed by atoms with Crippen LogP contribution in [0.1, 0.15) is 32.7 Å². The molecule has 0 aliphatic heterocycles. The van der Waals surface area contributed by atoms with E-state index in [0.29, 0.717) is 11.1 Å². The van der Waals surface area contributed by atoms with Crippen molar-refractivity contribution in [2.45, 2.75) is 32.7 Å². The number of rotatable bonds is 3. The smallest absolute Gasteiger partial charge is 0.0514 e. The van der Waals surface area contributed by atoms with E-state index in [2.05, 4.69) is 30.7 Å². The molecule has 0 fully saturated rings. The molecule has 1 heterocycles. The molecule has 86 valence electrons. The normalized spacial score (nSPS) is 11.6. The van der Waals surface area contributed by atoms with Gasteiger partial charge in [-0.25, -0.2) is 0 Å². The number of hydrogen-bond donors (Lipinski definition) is 0. The van der Waals surface area contributed by atoms with Gasteiger partial charge in [0.2, 0.25) is 0 Å². The standard InChI is InChI=1S/C13H15Cl2N/c1-3-10(4-2)16-6-5-11-12(15)7-9(14)8-13(11)16/h5-8,10H,3-4H2,1-2H3. The molecule has 0 saturated heterocycles. The SMILES string of the molecule is CCC(CC)n1ccc2c(Cl)cc(Cl)cc21. The van der Waals surface area contributed by atoms with E-state index in [4.69, 9.17) is 23.2 Å². The van der Waals surface area contributed by atoms with Gasteiger partial charge in [0.05, 0.1) is 10.5 Å². The summed E-state index contributed by atoms with van der Waals surface area (Å²) >= 11 is 12.2. The Labute approximate surface area is 106 Å². The average Bonchev–Trinajstić information content (AvgIpc) is 2.64. The van der Waals surface area contributed by atoms with Gasteiger partial charge in [0, 0.05) is 22.6 Å². The van der Waals surface area contributed by atoms with Crippen LogP contribution in [0.25, 0.3) is 10.9 Å². The predicted octanol–water partition coefficient (Wildman–Crippen LogP) is 5.31. The van der Waals surface area contributed by atoms with E-state index in [1.54, 1.807) is 6.07 Å². The summed E-state index contributed by atoms with van der Waals surface area (Å²) in [5.41, 5.74) is 1.13. The molecule has 2 aromatic rings. The third-order valence-corrected chi connectivity index (χ3v) is 3.62. The van der Waals surface area contributed by atoms with Crippen molar-refractivity contribution in [3.8, 4) is 0 Å². The minimum absolute atomic E-state index is 0.520. The first-order valence-electron chi connectivity index (χ1n) is 5.63. The minimum Gasteiger partial charge on any atom is -0.344 e. The molecule has 1 aromatic carbocycles. The molecule has 2 rings (SSSR count). The van der Waals surface area contributed by atoms with Crippen LogP contribution in [-0.2, 0) is 0 Å². The van der Waals surface area contributed by atoms with Crippen molar-refractivity contribution in [1.82, 2.24) is 4.57 Å². The third-order valence-electron chi connectivity index (χ3n) is 3.09. The van der Waals surface area contributed by atoms with E-state index < -0.39 is 0 Å². The fourth-order valence-corrected chi connectivity index (χ4v) is 2.73. The molecule has 0 unspecified atom stereocenters. The van der Waals surface area contributed by atoms with E-state index in [9.17, 15) is 0 Å². The van der Waals surface area contributed by atoms with Gasteiger partial charge in [-0.15, -0.1) is 0 Å². The molecule has 0 radical (unpaired) electrons. The van der Waals surface area contributed by atoms with Gasteiger partial charge in [0.25, 0.3) is 0 Å². The summed E-state index contributed by atoms with van der Waals surface area (Å²) < 4.78 is 2.27. The lowest BCUT2D eigenvalue weighted by atomic mass is 10.1. The quantitative estimate of drug-likeness (QED) is 0.701. The summed E-state index contributed by atoms with van der Waals surface area (Å²) in [7, 11) is 0.